The van der Waals surface area contributed by atoms with Crippen LogP contribution in [0.4, 0.5) is 0 Å². The van der Waals surface area contributed by atoms with E-state index in [2.05, 4.69) is 10.6 Å². The van der Waals surface area contributed by atoms with E-state index >= 15 is 0 Å². The molecule has 0 aliphatic carbocycles. The van der Waals surface area contributed by atoms with Gasteiger partial charge < -0.3 is 59.8 Å². The average Bonchev–Trinajstić information content (AvgIpc) is 3.05. The van der Waals surface area contributed by atoms with Crippen molar-refractivity contribution in [2.75, 3.05) is 78.7 Å². The van der Waals surface area contributed by atoms with Crippen molar-refractivity contribution in [2.45, 2.75) is 78.1 Å². The van der Waals surface area contributed by atoms with Gasteiger partial charge in [-0.3, -0.25) is 19.2 Å². The smallest absolute Gasteiger partial charge is 0.550 e. The summed E-state index contributed by atoms with van der Waals surface area (Å²) < 4.78 is 0.241. The first-order valence-electron chi connectivity index (χ1n) is 17.2. The molecule has 288 valence electrons. The molecule has 0 aromatic heterocycles. The molecule has 0 radical (unpaired) electrons. The number of carbonyl (C=O) groups excluding carboxylic acids is 4. The molecule has 0 spiro atoms. The Morgan fingerprint density at radius 1 is 0.549 bits per heavy atom. The van der Waals surface area contributed by atoms with Crippen molar-refractivity contribution in [1.82, 2.24) is 10.6 Å². The molecule has 6 N–H and O–H groups in total. The number of hydrogen-bond donors (Lipinski definition) is 6. The molecule has 2 unspecified atom stereocenters. The second-order valence-electron chi connectivity index (χ2n) is 12.1. The quantitative estimate of drug-likeness (QED) is 0.0205. The maximum absolute atomic E-state index is 11.8. The van der Waals surface area contributed by atoms with Gasteiger partial charge in [0.2, 0.25) is 11.8 Å². The van der Waals surface area contributed by atoms with Gasteiger partial charge in [0.25, 0.3) is 0 Å². The Kier molecular flexibility index (Phi) is 34.4. The summed E-state index contributed by atoms with van der Waals surface area (Å²) in [5, 5.41) is 63.5. The van der Waals surface area contributed by atoms with Gasteiger partial charge >= 0.3 is 49.7 Å². The van der Waals surface area contributed by atoms with Crippen LogP contribution in [0.5, 0.6) is 0 Å². The van der Waals surface area contributed by atoms with E-state index in [9.17, 15) is 49.2 Å². The maximum Gasteiger partial charge on any atom is 2.00 e. The van der Waals surface area contributed by atoms with Crippen LogP contribution in [-0.4, -0.2) is 181 Å². The predicted molar refractivity (Wildman–Crippen MR) is 186 cm³/mol. The van der Waals surface area contributed by atoms with Crippen LogP contribution >= 0.6 is 0 Å². The summed E-state index contributed by atoms with van der Waals surface area (Å²) in [6, 6.07) is 0. The molecule has 0 aromatic carbocycles. The van der Waals surface area contributed by atoms with Crippen molar-refractivity contribution in [1.29, 1.82) is 0 Å². The number of nitrogens with zero attached hydrogens (tertiary/aromatic N) is 2. The van der Waals surface area contributed by atoms with Gasteiger partial charge in [-0.2, -0.15) is 0 Å². The summed E-state index contributed by atoms with van der Waals surface area (Å²) in [4.78, 5) is 66.8. The van der Waals surface area contributed by atoms with Crippen LogP contribution in [0.3, 0.4) is 0 Å². The number of aliphatic hydroxyl groups is 2. The molecule has 0 aliphatic heterocycles. The number of nitrogens with one attached hydrogen (secondary N) is 2. The number of carboxylic acids is 4. The van der Waals surface area contributed by atoms with Gasteiger partial charge in [0.05, 0.1) is 78.4 Å². The van der Waals surface area contributed by atoms with Gasteiger partial charge in [0, 0.05) is 37.6 Å². The zero-order chi connectivity index (χ0) is 38.3. The van der Waals surface area contributed by atoms with Crippen LogP contribution in [0.25, 0.3) is 0 Å². The molecule has 51 heavy (non-hydrogen) atoms. The molecule has 2 atom stereocenters. The first-order chi connectivity index (χ1) is 23.7. The van der Waals surface area contributed by atoms with Gasteiger partial charge in [0.15, 0.2) is 0 Å². The molecule has 0 aromatic rings. The van der Waals surface area contributed by atoms with E-state index < -0.39 is 23.9 Å². The monoisotopic (exact) mass is 756 g/mol. The number of unbranched alkanes of at least 4 members (excludes halogenated alkanes) is 2. The summed E-state index contributed by atoms with van der Waals surface area (Å²) in [5.74, 6) is -4.59. The van der Waals surface area contributed by atoms with Crippen LogP contribution in [-0.2, 0) is 28.8 Å². The van der Waals surface area contributed by atoms with E-state index in [-0.39, 0.29) is 137 Å². The van der Waals surface area contributed by atoms with Crippen molar-refractivity contribution in [3.05, 3.63) is 24.3 Å². The molecule has 16 nitrogen and oxygen atoms in total. The topological polar surface area (TPSA) is 254 Å². The Bertz CT molecular complexity index is 954. The van der Waals surface area contributed by atoms with Crippen LogP contribution in [0.15, 0.2) is 24.3 Å². The van der Waals surface area contributed by atoms with E-state index in [4.69, 9.17) is 10.2 Å². The molecule has 2 amide bonds. The van der Waals surface area contributed by atoms with E-state index in [0.29, 0.717) is 39.0 Å². The second-order valence-corrected chi connectivity index (χ2v) is 12.1. The Balaban J connectivity index is -0.000000886. The molecule has 0 saturated carbocycles. The zero-order valence-corrected chi connectivity index (χ0v) is 32.7. The summed E-state index contributed by atoms with van der Waals surface area (Å²) in [7, 11) is 0. The molecule has 0 aliphatic rings. The van der Waals surface area contributed by atoms with Crippen LogP contribution in [0.1, 0.15) is 78.1 Å². The third-order valence-electron chi connectivity index (χ3n) is 8.17. The minimum absolute atomic E-state index is 0. The molecule has 0 heterocycles. The zero-order valence-electron chi connectivity index (χ0n) is 30.5. The predicted octanol–water partition coefficient (Wildman–Crippen LogP) is -1.84. The summed E-state index contributed by atoms with van der Waals surface area (Å²) in [6.45, 7) is 5.96. The normalized spacial score (nSPS) is 13.3. The average molecular weight is 757 g/mol. The molecule has 0 fully saturated rings. The first-order valence-corrected chi connectivity index (χ1v) is 17.2. The molecular weight excluding hydrogens is 696 g/mol. The van der Waals surface area contributed by atoms with Crippen molar-refractivity contribution < 1.29 is 68.4 Å². The summed E-state index contributed by atoms with van der Waals surface area (Å²) in [5.41, 5.74) is 0. The number of carboxylic acid groups (broad SMARTS) is 4. The molecule has 0 bridgehead atoms. The van der Waals surface area contributed by atoms with Crippen molar-refractivity contribution in [3.8, 4) is 0 Å². The summed E-state index contributed by atoms with van der Waals surface area (Å²) in [6.07, 6.45) is 11.1. The SMILES string of the molecule is C/C=C/CCCC(=O)NCC[N+](CCO)(CCC(=O)[O-])CCC(=O)O.C/C=C/CCCC(=O)NCC[N+](CCO)(CCC(=O)[O-])CCC(=O)O.[Ca+2]. The van der Waals surface area contributed by atoms with Crippen molar-refractivity contribution in [3.63, 3.8) is 0 Å². The van der Waals surface area contributed by atoms with E-state index in [0.717, 1.165) is 25.7 Å². The Labute approximate surface area is 331 Å². The molecule has 0 rings (SSSR count). The van der Waals surface area contributed by atoms with E-state index in [1.807, 2.05) is 38.2 Å². The standard InChI is InChI=1S/2C17H30N2O6.Ca/c2*1-2-3-4-5-6-15(21)18-9-12-19(13-14-20,10-7-16(22)23)11-8-17(24)25;/h2*2-3,20H,4-14H2,1H3,(H2-,18,21,22,23,24,25);/q;;+2/b2*3-2+;. The third-order valence-corrected chi connectivity index (χ3v) is 8.17. The number of rotatable bonds is 30. The first kappa shape index (κ1) is 52.8. The van der Waals surface area contributed by atoms with Crippen LogP contribution in [0.2, 0.25) is 0 Å². The number of allylic oxidation sites excluding steroid dienone is 4. The fourth-order valence-electron chi connectivity index (χ4n) is 5.22. The Hall–Kier alpha value is -2.60. The summed E-state index contributed by atoms with van der Waals surface area (Å²) >= 11 is 0. The maximum atomic E-state index is 11.8. The number of aliphatic hydroxyl groups excluding tert-OH is 2. The largest absolute Gasteiger partial charge is 2.00 e. The van der Waals surface area contributed by atoms with Crippen molar-refractivity contribution in [2.24, 2.45) is 0 Å². The van der Waals surface area contributed by atoms with Gasteiger partial charge in [-0.15, -0.1) is 0 Å². The fourth-order valence-corrected chi connectivity index (χ4v) is 5.22. The van der Waals surface area contributed by atoms with Crippen LogP contribution < -0.4 is 20.8 Å². The molecular formula is C34H60CaN4O12+2. The number of quaternary nitrogens is 2. The fraction of sp³-hybridized carbons (Fsp3) is 0.706. The second kappa shape index (κ2) is 33.2. The minimum Gasteiger partial charge on any atom is -0.550 e. The Morgan fingerprint density at radius 2 is 0.882 bits per heavy atom. The molecule has 0 saturated heterocycles. The number of aliphatic carboxylic acids is 4. The molecule has 17 heteroatoms. The minimum atomic E-state index is -1.22. The van der Waals surface area contributed by atoms with Gasteiger partial charge in [-0.25, -0.2) is 0 Å². The van der Waals surface area contributed by atoms with E-state index in [1.54, 1.807) is 0 Å². The van der Waals surface area contributed by atoms with Crippen molar-refractivity contribution >= 4 is 73.4 Å². The number of amides is 2. The third kappa shape index (κ3) is 31.8. The van der Waals surface area contributed by atoms with Gasteiger partial charge in [-0.05, 0) is 39.5 Å². The van der Waals surface area contributed by atoms with Gasteiger partial charge in [-0.1, -0.05) is 24.3 Å². The van der Waals surface area contributed by atoms with Gasteiger partial charge in [0.1, 0.15) is 13.1 Å². The Morgan fingerprint density at radius 3 is 1.16 bits per heavy atom. The number of carbonyl (C=O) groups is 6. The van der Waals surface area contributed by atoms with Crippen LogP contribution in [0, 0.1) is 0 Å². The van der Waals surface area contributed by atoms with E-state index in [1.165, 1.54) is 0 Å². The number of hydrogen-bond acceptors (Lipinski definition) is 10.